The highest BCUT2D eigenvalue weighted by atomic mass is 32.2. The van der Waals surface area contributed by atoms with E-state index >= 15 is 0 Å². The predicted octanol–water partition coefficient (Wildman–Crippen LogP) is 3.11. The summed E-state index contributed by atoms with van der Waals surface area (Å²) in [5.74, 6) is -1.07. The molecule has 0 radical (unpaired) electrons. The fourth-order valence-electron chi connectivity index (χ4n) is 2.92. The van der Waals surface area contributed by atoms with E-state index in [1.165, 1.54) is 0 Å². The molecular weight excluding hydrogens is 326 g/mol. The van der Waals surface area contributed by atoms with Gasteiger partial charge < -0.3 is 5.11 Å². The number of hydrogen-bond donors (Lipinski definition) is 2. The Morgan fingerprint density at radius 2 is 1.62 bits per heavy atom. The van der Waals surface area contributed by atoms with E-state index in [4.69, 9.17) is 5.11 Å². The monoisotopic (exact) mass is 347 g/mol. The first-order chi connectivity index (χ1) is 11.2. The minimum absolute atomic E-state index is 0.208. The predicted molar refractivity (Wildman–Crippen MR) is 92.4 cm³/mol. The zero-order chi connectivity index (χ0) is 17.9. The molecule has 128 valence electrons. The standard InChI is InChI=1S/C18H21NO4S/c1-12-9-13(2)18(14(3)10-12)24(22,23)19-16(11-17(20)21)15-7-5-4-6-8-15/h4-10,16,19H,11H2,1-3H3,(H,20,21)/t16-/m0/s1. The van der Waals surface area contributed by atoms with Crippen LogP contribution in [-0.4, -0.2) is 19.5 Å². The van der Waals surface area contributed by atoms with E-state index in [0.29, 0.717) is 16.7 Å². The average molecular weight is 347 g/mol. The van der Waals surface area contributed by atoms with Crippen molar-refractivity contribution < 1.29 is 18.3 Å². The van der Waals surface area contributed by atoms with Gasteiger partial charge in [0.2, 0.25) is 10.0 Å². The highest BCUT2D eigenvalue weighted by Crippen LogP contribution is 2.25. The summed E-state index contributed by atoms with van der Waals surface area (Å²) < 4.78 is 28.2. The molecule has 0 amide bonds. The fraction of sp³-hybridized carbons (Fsp3) is 0.278. The lowest BCUT2D eigenvalue weighted by molar-refractivity contribution is -0.137. The van der Waals surface area contributed by atoms with Crippen LogP contribution in [-0.2, 0) is 14.8 Å². The Morgan fingerprint density at radius 3 is 2.12 bits per heavy atom. The highest BCUT2D eigenvalue weighted by Gasteiger charge is 2.26. The number of aliphatic carboxylic acids is 1. The summed E-state index contributed by atoms with van der Waals surface area (Å²) in [7, 11) is -3.84. The molecule has 0 saturated heterocycles. The molecule has 0 aromatic heterocycles. The van der Waals surface area contributed by atoms with Crippen LogP contribution < -0.4 is 4.72 Å². The van der Waals surface area contributed by atoms with Gasteiger partial charge >= 0.3 is 5.97 Å². The van der Waals surface area contributed by atoms with Gasteiger partial charge in [-0.1, -0.05) is 48.0 Å². The number of sulfonamides is 1. The Bertz CT molecular complexity index is 822. The van der Waals surface area contributed by atoms with Crippen LogP contribution in [0.3, 0.4) is 0 Å². The molecular formula is C18H21NO4S. The number of carboxylic acid groups (broad SMARTS) is 1. The lowest BCUT2D eigenvalue weighted by Gasteiger charge is -2.20. The maximum atomic E-state index is 12.8. The first kappa shape index (κ1) is 18.2. The number of carbonyl (C=O) groups is 1. The van der Waals surface area contributed by atoms with Crippen molar-refractivity contribution in [1.29, 1.82) is 0 Å². The number of carboxylic acids is 1. The maximum Gasteiger partial charge on any atom is 0.305 e. The SMILES string of the molecule is Cc1cc(C)c(S(=O)(=O)N[C@@H](CC(=O)O)c2ccccc2)c(C)c1. The molecule has 0 heterocycles. The molecule has 2 aromatic carbocycles. The topological polar surface area (TPSA) is 83.5 Å². The summed E-state index contributed by atoms with van der Waals surface area (Å²) in [6, 6.07) is 11.5. The second-order valence-electron chi connectivity index (χ2n) is 5.91. The van der Waals surface area contributed by atoms with Gasteiger partial charge in [-0.05, 0) is 37.5 Å². The van der Waals surface area contributed by atoms with Crippen molar-refractivity contribution >= 4 is 16.0 Å². The summed E-state index contributed by atoms with van der Waals surface area (Å²) >= 11 is 0. The van der Waals surface area contributed by atoms with Crippen LogP contribution in [0.15, 0.2) is 47.4 Å². The molecule has 5 nitrogen and oxygen atoms in total. The molecule has 6 heteroatoms. The molecule has 2 N–H and O–H groups in total. The fourth-order valence-corrected chi connectivity index (χ4v) is 4.60. The molecule has 0 aliphatic rings. The largest absolute Gasteiger partial charge is 0.481 e. The Labute approximate surface area is 142 Å². The molecule has 24 heavy (non-hydrogen) atoms. The highest BCUT2D eigenvalue weighted by molar-refractivity contribution is 7.89. The first-order valence-electron chi connectivity index (χ1n) is 7.57. The zero-order valence-corrected chi connectivity index (χ0v) is 14.7. The Kier molecular flexibility index (Phi) is 5.41. The number of rotatable bonds is 6. The van der Waals surface area contributed by atoms with Crippen molar-refractivity contribution in [3.05, 3.63) is 64.7 Å². The second kappa shape index (κ2) is 7.15. The van der Waals surface area contributed by atoms with E-state index in [-0.39, 0.29) is 11.3 Å². The van der Waals surface area contributed by atoms with Gasteiger partial charge in [-0.3, -0.25) is 4.79 Å². The van der Waals surface area contributed by atoms with Gasteiger partial charge in [-0.2, -0.15) is 0 Å². The Hall–Kier alpha value is -2.18. The molecule has 1 atom stereocenters. The summed E-state index contributed by atoms with van der Waals surface area (Å²) in [5, 5.41) is 9.12. The lowest BCUT2D eigenvalue weighted by atomic mass is 10.1. The van der Waals surface area contributed by atoms with Crippen LogP contribution in [0.5, 0.6) is 0 Å². The first-order valence-corrected chi connectivity index (χ1v) is 9.06. The Morgan fingerprint density at radius 1 is 1.08 bits per heavy atom. The molecule has 0 aliphatic heterocycles. The van der Waals surface area contributed by atoms with Crippen LogP contribution in [0.25, 0.3) is 0 Å². The lowest BCUT2D eigenvalue weighted by Crippen LogP contribution is -2.31. The van der Waals surface area contributed by atoms with Crippen LogP contribution in [0.4, 0.5) is 0 Å². The quantitative estimate of drug-likeness (QED) is 0.841. The smallest absolute Gasteiger partial charge is 0.305 e. The van der Waals surface area contributed by atoms with Crippen LogP contribution in [0, 0.1) is 20.8 Å². The third-order valence-electron chi connectivity index (χ3n) is 3.75. The summed E-state index contributed by atoms with van der Waals surface area (Å²) in [6.07, 6.45) is -0.326. The van der Waals surface area contributed by atoms with E-state index in [9.17, 15) is 13.2 Å². The van der Waals surface area contributed by atoms with Gasteiger partial charge in [-0.25, -0.2) is 13.1 Å². The van der Waals surface area contributed by atoms with Crippen LogP contribution >= 0.6 is 0 Å². The van der Waals surface area contributed by atoms with Gasteiger partial charge in [-0.15, -0.1) is 0 Å². The molecule has 2 aromatic rings. The molecule has 0 fully saturated rings. The van der Waals surface area contributed by atoms with Crippen LogP contribution in [0.2, 0.25) is 0 Å². The zero-order valence-electron chi connectivity index (χ0n) is 13.9. The van der Waals surface area contributed by atoms with E-state index in [1.54, 1.807) is 56.3 Å². The van der Waals surface area contributed by atoms with Gasteiger partial charge in [0.1, 0.15) is 0 Å². The van der Waals surface area contributed by atoms with Crippen LogP contribution in [0.1, 0.15) is 34.7 Å². The van der Waals surface area contributed by atoms with E-state index in [2.05, 4.69) is 4.72 Å². The number of nitrogens with one attached hydrogen (secondary N) is 1. The molecule has 0 bridgehead atoms. The van der Waals surface area contributed by atoms with Gasteiger partial charge in [0, 0.05) is 0 Å². The normalized spacial score (nSPS) is 12.8. The third-order valence-corrected chi connectivity index (χ3v) is 5.53. The van der Waals surface area contributed by atoms with Gasteiger partial charge in [0.15, 0.2) is 0 Å². The van der Waals surface area contributed by atoms with Crippen molar-refractivity contribution in [3.8, 4) is 0 Å². The molecule has 0 saturated carbocycles. The Balaban J connectivity index is 2.43. The minimum Gasteiger partial charge on any atom is -0.481 e. The average Bonchev–Trinajstić information content (AvgIpc) is 2.45. The van der Waals surface area contributed by atoms with Gasteiger partial charge in [0.25, 0.3) is 0 Å². The number of benzene rings is 2. The minimum atomic E-state index is -3.84. The van der Waals surface area contributed by atoms with Crippen molar-refractivity contribution in [2.45, 2.75) is 38.1 Å². The number of aryl methyl sites for hydroxylation is 3. The van der Waals surface area contributed by atoms with Gasteiger partial charge in [0.05, 0.1) is 17.4 Å². The summed E-state index contributed by atoms with van der Waals surface area (Å²) in [5.41, 5.74) is 2.88. The maximum absolute atomic E-state index is 12.8. The molecule has 0 spiro atoms. The molecule has 0 unspecified atom stereocenters. The van der Waals surface area contributed by atoms with Crippen molar-refractivity contribution in [2.75, 3.05) is 0 Å². The van der Waals surface area contributed by atoms with Crippen molar-refractivity contribution in [3.63, 3.8) is 0 Å². The number of hydrogen-bond acceptors (Lipinski definition) is 3. The summed E-state index contributed by atoms with van der Waals surface area (Å²) in [4.78, 5) is 11.4. The van der Waals surface area contributed by atoms with E-state index in [0.717, 1.165) is 5.56 Å². The van der Waals surface area contributed by atoms with Crippen molar-refractivity contribution in [1.82, 2.24) is 4.72 Å². The second-order valence-corrected chi connectivity index (χ2v) is 7.56. The summed E-state index contributed by atoms with van der Waals surface area (Å²) in [6.45, 7) is 5.38. The molecule has 2 rings (SSSR count). The van der Waals surface area contributed by atoms with Crippen molar-refractivity contribution in [2.24, 2.45) is 0 Å². The third kappa shape index (κ3) is 4.21. The van der Waals surface area contributed by atoms with E-state index in [1.807, 2.05) is 6.92 Å². The van der Waals surface area contributed by atoms with E-state index < -0.39 is 22.0 Å². The molecule has 0 aliphatic carbocycles.